The lowest BCUT2D eigenvalue weighted by Crippen LogP contribution is -2.49. The lowest BCUT2D eigenvalue weighted by atomic mass is 9.85. The van der Waals surface area contributed by atoms with Crippen LogP contribution in [0.2, 0.25) is 0 Å². The SMILES string of the molecule is C[C@@]12CC[C@@H](O)[C@@](C)(O1)C(C#N)C2. The van der Waals surface area contributed by atoms with Crippen molar-refractivity contribution in [2.24, 2.45) is 5.92 Å². The monoisotopic (exact) mass is 181 g/mol. The molecular formula is C10H15NO2. The predicted octanol–water partition coefficient (Wildman–Crippen LogP) is 1.22. The van der Waals surface area contributed by atoms with E-state index in [9.17, 15) is 5.11 Å². The van der Waals surface area contributed by atoms with E-state index in [0.717, 1.165) is 19.3 Å². The molecule has 2 aliphatic heterocycles. The molecule has 0 aromatic rings. The van der Waals surface area contributed by atoms with Crippen molar-refractivity contribution < 1.29 is 9.84 Å². The number of nitriles is 1. The highest BCUT2D eigenvalue weighted by Gasteiger charge is 2.58. The fraction of sp³-hybridized carbons (Fsp3) is 0.900. The van der Waals surface area contributed by atoms with Crippen molar-refractivity contribution in [3.63, 3.8) is 0 Å². The minimum atomic E-state index is -0.623. The topological polar surface area (TPSA) is 53.2 Å². The van der Waals surface area contributed by atoms with Crippen molar-refractivity contribution in [3.8, 4) is 6.07 Å². The van der Waals surface area contributed by atoms with Crippen LogP contribution in [-0.2, 0) is 4.74 Å². The van der Waals surface area contributed by atoms with Gasteiger partial charge in [-0.25, -0.2) is 0 Å². The molecule has 1 N–H and O–H groups in total. The molecule has 13 heavy (non-hydrogen) atoms. The van der Waals surface area contributed by atoms with Gasteiger partial charge >= 0.3 is 0 Å². The van der Waals surface area contributed by atoms with Crippen LogP contribution in [0.15, 0.2) is 0 Å². The summed E-state index contributed by atoms with van der Waals surface area (Å²) in [5.41, 5.74) is -0.796. The summed E-state index contributed by atoms with van der Waals surface area (Å²) in [4.78, 5) is 0. The summed E-state index contributed by atoms with van der Waals surface area (Å²) in [6, 6.07) is 2.25. The summed E-state index contributed by atoms with van der Waals surface area (Å²) in [7, 11) is 0. The Morgan fingerprint density at radius 3 is 2.85 bits per heavy atom. The maximum absolute atomic E-state index is 9.79. The van der Waals surface area contributed by atoms with E-state index < -0.39 is 11.7 Å². The number of aliphatic hydroxyl groups is 1. The summed E-state index contributed by atoms with van der Waals surface area (Å²) in [5.74, 6) is -0.157. The fourth-order valence-electron chi connectivity index (χ4n) is 2.63. The standard InChI is InChI=1S/C10H15NO2/c1-9-4-3-8(12)10(2,13-9)7(5-9)6-11/h7-8,12H,3-5H2,1-2H3/t7?,8-,9+,10+/m1/s1. The first kappa shape index (κ1) is 8.98. The van der Waals surface area contributed by atoms with Gasteiger partial charge in [0.25, 0.3) is 0 Å². The molecule has 3 nitrogen and oxygen atoms in total. The zero-order valence-corrected chi connectivity index (χ0v) is 8.08. The van der Waals surface area contributed by atoms with Crippen LogP contribution in [0.4, 0.5) is 0 Å². The molecule has 2 heterocycles. The normalized spacial score (nSPS) is 54.6. The molecule has 4 atom stereocenters. The number of aliphatic hydroxyl groups excluding tert-OH is 1. The molecule has 0 aromatic carbocycles. The van der Waals surface area contributed by atoms with Gasteiger partial charge in [0, 0.05) is 0 Å². The third-order valence-corrected chi connectivity index (χ3v) is 3.56. The van der Waals surface area contributed by atoms with Crippen LogP contribution < -0.4 is 0 Å². The molecule has 1 unspecified atom stereocenters. The molecule has 2 saturated heterocycles. The average Bonchev–Trinajstić information content (AvgIpc) is 2.30. The number of hydrogen-bond acceptors (Lipinski definition) is 3. The Morgan fingerprint density at radius 1 is 1.54 bits per heavy atom. The van der Waals surface area contributed by atoms with Gasteiger partial charge in [-0.15, -0.1) is 0 Å². The second kappa shape index (κ2) is 2.46. The molecule has 0 aromatic heterocycles. The van der Waals surface area contributed by atoms with Crippen LogP contribution in [0, 0.1) is 17.2 Å². The van der Waals surface area contributed by atoms with Crippen molar-refractivity contribution >= 4 is 0 Å². The highest BCUT2D eigenvalue weighted by Crippen LogP contribution is 2.50. The van der Waals surface area contributed by atoms with E-state index in [2.05, 4.69) is 6.07 Å². The zero-order chi connectivity index (χ0) is 9.69. The molecule has 0 radical (unpaired) electrons. The largest absolute Gasteiger partial charge is 0.390 e. The third-order valence-electron chi connectivity index (χ3n) is 3.56. The Balaban J connectivity index is 2.35. The van der Waals surface area contributed by atoms with Crippen molar-refractivity contribution in [3.05, 3.63) is 0 Å². The van der Waals surface area contributed by atoms with E-state index in [1.165, 1.54) is 0 Å². The Labute approximate surface area is 78.3 Å². The third kappa shape index (κ3) is 1.09. The second-order valence-electron chi connectivity index (χ2n) is 4.68. The van der Waals surface area contributed by atoms with Crippen molar-refractivity contribution in [2.45, 2.75) is 50.4 Å². The first-order valence-corrected chi connectivity index (χ1v) is 4.78. The maximum Gasteiger partial charge on any atom is 0.108 e. The number of fused-ring (bicyclic) bond motifs is 2. The summed E-state index contributed by atoms with van der Waals surface area (Å²) < 4.78 is 5.82. The van der Waals surface area contributed by atoms with Gasteiger partial charge in [-0.2, -0.15) is 5.26 Å². The average molecular weight is 181 g/mol. The van der Waals surface area contributed by atoms with E-state index in [-0.39, 0.29) is 11.5 Å². The molecule has 72 valence electrons. The van der Waals surface area contributed by atoms with Crippen LogP contribution in [-0.4, -0.2) is 22.4 Å². The number of rotatable bonds is 0. The number of hydrogen-bond donors (Lipinski definition) is 1. The van der Waals surface area contributed by atoms with Gasteiger partial charge in [0.1, 0.15) is 5.60 Å². The molecule has 0 aliphatic carbocycles. The summed E-state index contributed by atoms with van der Waals surface area (Å²) in [6.45, 7) is 3.89. The zero-order valence-electron chi connectivity index (χ0n) is 8.08. The predicted molar refractivity (Wildman–Crippen MR) is 46.9 cm³/mol. The van der Waals surface area contributed by atoms with Crippen molar-refractivity contribution in [1.29, 1.82) is 5.26 Å². The molecule has 3 heteroatoms. The Morgan fingerprint density at radius 2 is 2.23 bits per heavy atom. The van der Waals surface area contributed by atoms with Crippen LogP contribution in [0.5, 0.6) is 0 Å². The highest BCUT2D eigenvalue weighted by atomic mass is 16.5. The van der Waals surface area contributed by atoms with Gasteiger partial charge in [0.15, 0.2) is 0 Å². The Kier molecular flexibility index (Phi) is 1.70. The van der Waals surface area contributed by atoms with Gasteiger partial charge in [0.2, 0.25) is 0 Å². The highest BCUT2D eigenvalue weighted by molar-refractivity contribution is 5.13. The van der Waals surface area contributed by atoms with Crippen molar-refractivity contribution in [2.75, 3.05) is 0 Å². The summed E-state index contributed by atoms with van der Waals surface area (Å²) >= 11 is 0. The molecule has 0 saturated carbocycles. The molecule has 2 bridgehead atoms. The van der Waals surface area contributed by atoms with Crippen LogP contribution in [0.1, 0.15) is 33.1 Å². The lowest BCUT2D eigenvalue weighted by Gasteiger charge is -2.40. The Bertz CT molecular complexity index is 273. The van der Waals surface area contributed by atoms with Gasteiger partial charge < -0.3 is 9.84 Å². The van der Waals surface area contributed by atoms with E-state index >= 15 is 0 Å². The lowest BCUT2D eigenvalue weighted by molar-refractivity contribution is -0.183. The first-order chi connectivity index (χ1) is 6.00. The summed E-state index contributed by atoms with van der Waals surface area (Å²) in [5, 5.41) is 18.8. The number of nitrogens with zero attached hydrogens (tertiary/aromatic N) is 1. The molecule has 0 spiro atoms. The van der Waals surface area contributed by atoms with Crippen LogP contribution >= 0.6 is 0 Å². The van der Waals surface area contributed by atoms with Gasteiger partial charge in [-0.1, -0.05) is 0 Å². The molecule has 2 fully saturated rings. The first-order valence-electron chi connectivity index (χ1n) is 4.78. The minimum Gasteiger partial charge on any atom is -0.390 e. The van der Waals surface area contributed by atoms with E-state index in [0.29, 0.717) is 0 Å². The van der Waals surface area contributed by atoms with E-state index in [1.807, 2.05) is 13.8 Å². The van der Waals surface area contributed by atoms with Crippen LogP contribution in [0.25, 0.3) is 0 Å². The maximum atomic E-state index is 9.79. The smallest absolute Gasteiger partial charge is 0.108 e. The molecule has 0 amide bonds. The van der Waals surface area contributed by atoms with E-state index in [1.54, 1.807) is 0 Å². The summed E-state index contributed by atoms with van der Waals surface area (Å²) in [6.07, 6.45) is 1.90. The van der Waals surface area contributed by atoms with Gasteiger partial charge in [-0.3, -0.25) is 0 Å². The molecule has 2 aliphatic rings. The fourth-order valence-corrected chi connectivity index (χ4v) is 2.63. The van der Waals surface area contributed by atoms with Crippen molar-refractivity contribution in [1.82, 2.24) is 0 Å². The Hall–Kier alpha value is -0.590. The second-order valence-corrected chi connectivity index (χ2v) is 4.68. The minimum absolute atomic E-state index is 0.157. The van der Waals surface area contributed by atoms with Crippen LogP contribution in [0.3, 0.4) is 0 Å². The molecule has 2 rings (SSSR count). The van der Waals surface area contributed by atoms with Gasteiger partial charge in [0.05, 0.1) is 23.7 Å². The number of ether oxygens (including phenoxy) is 1. The quantitative estimate of drug-likeness (QED) is 0.611. The molecular weight excluding hydrogens is 166 g/mol. The van der Waals surface area contributed by atoms with E-state index in [4.69, 9.17) is 10.00 Å². The van der Waals surface area contributed by atoms with Gasteiger partial charge in [-0.05, 0) is 33.1 Å².